The molecule has 32 heavy (non-hydrogen) atoms. The number of carboxylic acids is 1. The summed E-state index contributed by atoms with van der Waals surface area (Å²) in [5.41, 5.74) is 4.93. The Bertz CT molecular complexity index is 626. The number of aliphatic carboxylic acids is 1. The summed E-state index contributed by atoms with van der Waals surface area (Å²) in [4.78, 5) is 11.0. The molecule has 0 radical (unpaired) electrons. The maximum Gasteiger partial charge on any atom is 0.323 e. The average molecular weight is 473 g/mol. The average Bonchev–Trinajstić information content (AvgIpc) is 2.99. The first kappa shape index (κ1) is 28.3. The van der Waals surface area contributed by atoms with Gasteiger partial charge in [-0.2, -0.15) is 0 Å². The summed E-state index contributed by atoms with van der Waals surface area (Å²) in [6, 6.07) is 0. The zero-order valence-corrected chi connectivity index (χ0v) is 17.1. The molecule has 0 amide bonds. The van der Waals surface area contributed by atoms with E-state index in [0.29, 0.717) is 0 Å². The zero-order chi connectivity index (χ0) is 24.8. The minimum absolute atomic E-state index is 0.227. The van der Waals surface area contributed by atoms with E-state index < -0.39 is 80.6 Å². The van der Waals surface area contributed by atoms with Crippen LogP contribution in [0, 0.1) is 5.41 Å². The maximum absolute atomic E-state index is 10.00. The van der Waals surface area contributed by atoms with Crippen LogP contribution in [0.5, 0.6) is 0 Å². The van der Waals surface area contributed by atoms with Crippen molar-refractivity contribution in [2.24, 2.45) is 5.73 Å². The van der Waals surface area contributed by atoms with Crippen LogP contribution in [0.2, 0.25) is 0 Å². The Balaban J connectivity index is 0.000000482. The third kappa shape index (κ3) is 6.42. The zero-order valence-electron chi connectivity index (χ0n) is 17.1. The van der Waals surface area contributed by atoms with Gasteiger partial charge in [-0.15, -0.1) is 0 Å². The third-order valence-corrected chi connectivity index (χ3v) is 4.85. The van der Waals surface area contributed by atoms with E-state index in [1.54, 1.807) is 0 Å². The number of hydrogen-bond donors (Lipinski definition) is 11. The molecule has 0 aromatic heterocycles. The van der Waals surface area contributed by atoms with Crippen molar-refractivity contribution in [2.75, 3.05) is 33.4 Å². The van der Waals surface area contributed by atoms with Gasteiger partial charge in [0.15, 0.2) is 12.2 Å². The van der Waals surface area contributed by atoms with Crippen LogP contribution in [0.1, 0.15) is 0 Å². The number of rotatable bonds is 7. The fourth-order valence-corrected chi connectivity index (χ4v) is 2.92. The third-order valence-electron chi connectivity index (χ3n) is 4.85. The number of likely N-dealkylation sites (N-methyl/N-ethyl adjacent to an activating group) is 1. The predicted octanol–water partition coefficient (Wildman–Crippen LogP) is -6.50. The van der Waals surface area contributed by atoms with Crippen molar-refractivity contribution in [3.63, 3.8) is 0 Å². The van der Waals surface area contributed by atoms with Gasteiger partial charge >= 0.3 is 5.97 Å². The minimum atomic E-state index is -2.22. The Kier molecular flexibility index (Phi) is 10.6. The van der Waals surface area contributed by atoms with E-state index in [0.717, 1.165) is 4.90 Å². The van der Waals surface area contributed by atoms with E-state index in [-0.39, 0.29) is 12.5 Å². The lowest BCUT2D eigenvalue weighted by atomic mass is 9.99. The number of hydrogen-bond acceptors (Lipinski definition) is 13. The SMILES string of the molecule is CN(CC(=O)O)C(=N)N.OC[C@H]1O[C@@](CO)(O[C@H]2O[C@H](CO)[C@@H](O)[C@H](O)[C@H]2O)[C@@H](O)[C@@H]1O. The fraction of sp³-hybridized carbons (Fsp3) is 0.875. The molecule has 0 unspecified atom stereocenters. The summed E-state index contributed by atoms with van der Waals surface area (Å²) in [6.45, 7) is -2.55. The second kappa shape index (κ2) is 12.0. The van der Waals surface area contributed by atoms with E-state index in [9.17, 15) is 35.4 Å². The Morgan fingerprint density at radius 1 is 1.03 bits per heavy atom. The summed E-state index contributed by atoms with van der Waals surface area (Å²) >= 11 is 0. The Hall–Kier alpha value is -1.70. The fourth-order valence-electron chi connectivity index (χ4n) is 2.92. The van der Waals surface area contributed by atoms with Crippen LogP contribution < -0.4 is 5.73 Å². The summed E-state index contributed by atoms with van der Waals surface area (Å²) in [5.74, 6) is -3.45. The summed E-state index contributed by atoms with van der Waals surface area (Å²) in [5, 5.41) is 91.5. The molecule has 9 atom stereocenters. The number of nitrogens with one attached hydrogen (secondary N) is 1. The number of aliphatic hydroxyl groups excluding tert-OH is 8. The molecule has 0 aromatic carbocycles. The Morgan fingerprint density at radius 3 is 1.97 bits per heavy atom. The van der Waals surface area contributed by atoms with Gasteiger partial charge in [-0.25, -0.2) is 0 Å². The molecule has 2 rings (SSSR count). The van der Waals surface area contributed by atoms with E-state index in [4.69, 9.17) is 40.7 Å². The first-order valence-corrected chi connectivity index (χ1v) is 9.36. The van der Waals surface area contributed by atoms with Crippen molar-refractivity contribution >= 4 is 11.9 Å². The van der Waals surface area contributed by atoms with Crippen LogP contribution >= 0.6 is 0 Å². The maximum atomic E-state index is 10.00. The van der Waals surface area contributed by atoms with Gasteiger partial charge in [0.1, 0.15) is 55.9 Å². The van der Waals surface area contributed by atoms with Crippen molar-refractivity contribution in [3.8, 4) is 0 Å². The molecule has 0 aromatic rings. The number of nitrogens with two attached hydrogens (primary N) is 1. The second-order valence-corrected chi connectivity index (χ2v) is 7.19. The van der Waals surface area contributed by atoms with Crippen molar-refractivity contribution in [3.05, 3.63) is 0 Å². The van der Waals surface area contributed by atoms with Gasteiger partial charge in [0.2, 0.25) is 5.79 Å². The molecule has 12 N–H and O–H groups in total. The number of carbonyl (C=O) groups is 1. The molecule has 16 nitrogen and oxygen atoms in total. The van der Waals surface area contributed by atoms with Gasteiger partial charge in [0.25, 0.3) is 0 Å². The molecular formula is C16H31N3O13. The van der Waals surface area contributed by atoms with E-state index in [2.05, 4.69) is 0 Å². The lowest BCUT2D eigenvalue weighted by Crippen LogP contribution is -2.62. The molecule has 0 spiro atoms. The van der Waals surface area contributed by atoms with E-state index >= 15 is 0 Å². The summed E-state index contributed by atoms with van der Waals surface area (Å²) < 4.78 is 15.4. The molecule has 16 heteroatoms. The molecule has 0 aliphatic carbocycles. The molecule has 0 saturated carbocycles. The van der Waals surface area contributed by atoms with Crippen LogP contribution in [0.25, 0.3) is 0 Å². The van der Waals surface area contributed by atoms with E-state index in [1.807, 2.05) is 0 Å². The highest BCUT2D eigenvalue weighted by atomic mass is 16.8. The second-order valence-electron chi connectivity index (χ2n) is 7.19. The van der Waals surface area contributed by atoms with Crippen molar-refractivity contribution in [1.82, 2.24) is 4.90 Å². The van der Waals surface area contributed by atoms with Gasteiger partial charge in [0, 0.05) is 7.05 Å². The Morgan fingerprint density at radius 2 is 1.59 bits per heavy atom. The Labute approximate surface area is 182 Å². The van der Waals surface area contributed by atoms with Crippen molar-refractivity contribution < 1.29 is 65.0 Å². The number of carboxylic acid groups (broad SMARTS) is 1. The van der Waals surface area contributed by atoms with Gasteiger partial charge in [-0.05, 0) is 0 Å². The quantitative estimate of drug-likeness (QED) is 0.121. The van der Waals surface area contributed by atoms with Crippen LogP contribution in [0.3, 0.4) is 0 Å². The van der Waals surface area contributed by atoms with Gasteiger partial charge in [0.05, 0.1) is 13.2 Å². The molecule has 2 aliphatic heterocycles. The monoisotopic (exact) mass is 473 g/mol. The molecular weight excluding hydrogens is 442 g/mol. The molecule has 188 valence electrons. The first-order valence-electron chi connectivity index (χ1n) is 9.36. The highest BCUT2D eigenvalue weighted by molar-refractivity contribution is 5.79. The van der Waals surface area contributed by atoms with Gasteiger partial charge in [-0.3, -0.25) is 10.2 Å². The molecule has 2 fully saturated rings. The molecule has 2 aliphatic rings. The molecule has 2 heterocycles. The van der Waals surface area contributed by atoms with Crippen LogP contribution in [0.4, 0.5) is 0 Å². The number of guanidine groups is 1. The standard InChI is InChI=1S/C12H22O11.C4H9N3O2/c13-1-4-6(16)8(18)9(19)11(21-4)23-12(3-15)10(20)7(17)5(2-14)22-12;1-7(4(5)6)2-3(8)9/h4-11,13-20H,1-3H2;2H2,1H3,(H3,5,6)(H,8,9)/t4-,5-,6-,7-,8+,9-,10+,11-,12+;/m1./s1. The minimum Gasteiger partial charge on any atom is -0.480 e. The van der Waals surface area contributed by atoms with Crippen molar-refractivity contribution in [1.29, 1.82) is 5.41 Å². The predicted molar refractivity (Wildman–Crippen MR) is 101 cm³/mol. The van der Waals surface area contributed by atoms with E-state index in [1.165, 1.54) is 7.05 Å². The highest BCUT2D eigenvalue weighted by Gasteiger charge is 2.58. The lowest BCUT2D eigenvalue weighted by molar-refractivity contribution is -0.383. The largest absolute Gasteiger partial charge is 0.480 e. The topological polar surface area (TPSA) is 280 Å². The van der Waals surface area contributed by atoms with Crippen LogP contribution in [0.15, 0.2) is 0 Å². The smallest absolute Gasteiger partial charge is 0.323 e. The van der Waals surface area contributed by atoms with Crippen molar-refractivity contribution in [2.45, 2.75) is 54.8 Å². The summed E-state index contributed by atoms with van der Waals surface area (Å²) in [6.07, 6.45) is -12.7. The van der Waals surface area contributed by atoms with Gasteiger partial charge < -0.3 is 70.8 Å². The molecule has 2 saturated heterocycles. The number of ether oxygens (including phenoxy) is 3. The summed E-state index contributed by atoms with van der Waals surface area (Å²) in [7, 11) is 1.44. The first-order chi connectivity index (χ1) is 14.8. The molecule has 0 bridgehead atoms. The lowest BCUT2D eigenvalue weighted by Gasteiger charge is -2.43. The number of nitrogens with zero attached hydrogens (tertiary/aromatic N) is 1. The van der Waals surface area contributed by atoms with Gasteiger partial charge in [-0.1, -0.05) is 0 Å². The normalized spacial score (nSPS) is 39.2. The van der Waals surface area contributed by atoms with Crippen LogP contribution in [-0.2, 0) is 19.0 Å². The number of aliphatic hydroxyl groups is 8. The van der Waals surface area contributed by atoms with Crippen LogP contribution in [-0.4, -0.2) is 151 Å². The highest BCUT2D eigenvalue weighted by Crippen LogP contribution is 2.35.